The summed E-state index contributed by atoms with van der Waals surface area (Å²) < 4.78 is 29.5. The van der Waals surface area contributed by atoms with Gasteiger partial charge < -0.3 is 9.84 Å². The second-order valence-corrected chi connectivity index (χ2v) is 5.72. The van der Waals surface area contributed by atoms with Gasteiger partial charge in [0.1, 0.15) is 0 Å². The van der Waals surface area contributed by atoms with E-state index in [4.69, 9.17) is 9.84 Å². The highest BCUT2D eigenvalue weighted by atomic mass is 32.2. The number of sulfone groups is 1. The van der Waals surface area contributed by atoms with Crippen LogP contribution in [0.15, 0.2) is 28.0 Å². The summed E-state index contributed by atoms with van der Waals surface area (Å²) in [6, 6.07) is 4.40. The molecule has 0 spiro atoms. The van der Waals surface area contributed by atoms with E-state index in [0.29, 0.717) is 12.2 Å². The predicted octanol–water partition coefficient (Wildman–Crippen LogP) is 1.55. The van der Waals surface area contributed by atoms with Gasteiger partial charge in [-0.05, 0) is 24.6 Å². The largest absolute Gasteiger partial charge is 0.478 e. The third kappa shape index (κ3) is 1.93. The van der Waals surface area contributed by atoms with Crippen LogP contribution in [0.2, 0.25) is 0 Å². The Balaban J connectivity index is 2.55. The van der Waals surface area contributed by atoms with Crippen molar-refractivity contribution in [3.63, 3.8) is 0 Å². The fourth-order valence-corrected chi connectivity index (χ4v) is 3.51. The molecule has 18 heavy (non-hydrogen) atoms. The van der Waals surface area contributed by atoms with Crippen molar-refractivity contribution in [2.75, 3.05) is 13.2 Å². The molecule has 0 aromatic heterocycles. The maximum absolute atomic E-state index is 12.2. The number of ether oxygens (including phenoxy) is 1. The highest BCUT2D eigenvalue weighted by Crippen LogP contribution is 2.35. The van der Waals surface area contributed by atoms with Crippen LogP contribution in [0, 0.1) is 0 Å². The minimum atomic E-state index is -3.74. The monoisotopic (exact) mass is 268 g/mol. The Morgan fingerprint density at radius 2 is 2.11 bits per heavy atom. The van der Waals surface area contributed by atoms with Gasteiger partial charge in [-0.2, -0.15) is 0 Å². The lowest BCUT2D eigenvalue weighted by Gasteiger charge is -2.06. The normalized spacial score (nSPS) is 16.2. The molecule has 0 radical (unpaired) electrons. The highest BCUT2D eigenvalue weighted by molar-refractivity contribution is 7.96. The molecule has 0 saturated carbocycles. The smallest absolute Gasteiger partial charge is 0.337 e. The summed E-state index contributed by atoms with van der Waals surface area (Å²) in [7, 11) is -3.74. The van der Waals surface area contributed by atoms with Crippen LogP contribution >= 0.6 is 0 Å². The van der Waals surface area contributed by atoms with Crippen LogP contribution in [0.25, 0.3) is 6.08 Å². The zero-order chi connectivity index (χ0) is 13.3. The molecule has 0 aliphatic carbocycles. The molecule has 2 rings (SSSR count). The number of rotatable bonds is 4. The van der Waals surface area contributed by atoms with Crippen molar-refractivity contribution in [1.29, 1.82) is 0 Å². The molecule has 1 N–H and O–H groups in total. The maximum Gasteiger partial charge on any atom is 0.337 e. The third-order valence-corrected chi connectivity index (χ3v) is 4.57. The predicted molar refractivity (Wildman–Crippen MR) is 65.1 cm³/mol. The first-order valence-corrected chi connectivity index (χ1v) is 6.86. The summed E-state index contributed by atoms with van der Waals surface area (Å²) in [4.78, 5) is 11.0. The van der Waals surface area contributed by atoms with E-state index < -0.39 is 15.8 Å². The van der Waals surface area contributed by atoms with E-state index in [1.807, 2.05) is 0 Å². The number of carbonyl (C=O) groups is 1. The van der Waals surface area contributed by atoms with Crippen molar-refractivity contribution in [1.82, 2.24) is 0 Å². The van der Waals surface area contributed by atoms with Gasteiger partial charge in [0.05, 0.1) is 22.0 Å². The Hall–Kier alpha value is -1.66. The van der Waals surface area contributed by atoms with E-state index in [1.54, 1.807) is 13.0 Å². The molecule has 1 aliphatic heterocycles. The quantitative estimate of drug-likeness (QED) is 0.896. The first-order chi connectivity index (χ1) is 8.48. The first-order valence-electron chi connectivity index (χ1n) is 5.38. The maximum atomic E-state index is 12.2. The van der Waals surface area contributed by atoms with Crippen LogP contribution in [-0.2, 0) is 14.6 Å². The Morgan fingerprint density at radius 1 is 1.39 bits per heavy atom. The van der Waals surface area contributed by atoms with Crippen LogP contribution in [-0.4, -0.2) is 32.7 Å². The molecular formula is C12H12O5S. The molecule has 96 valence electrons. The molecule has 1 heterocycles. The fourth-order valence-electron chi connectivity index (χ4n) is 1.84. The summed E-state index contributed by atoms with van der Waals surface area (Å²) >= 11 is 0. The number of hydrogen-bond acceptors (Lipinski definition) is 4. The second kappa shape index (κ2) is 4.55. The average Bonchev–Trinajstić information content (AvgIpc) is 2.58. The van der Waals surface area contributed by atoms with Gasteiger partial charge in [-0.25, -0.2) is 13.2 Å². The van der Waals surface area contributed by atoms with Crippen molar-refractivity contribution >= 4 is 21.9 Å². The Kier molecular flexibility index (Phi) is 3.23. The van der Waals surface area contributed by atoms with Gasteiger partial charge in [0.15, 0.2) is 0 Å². The van der Waals surface area contributed by atoms with Gasteiger partial charge in [-0.3, -0.25) is 0 Å². The van der Waals surface area contributed by atoms with Crippen LogP contribution in [0.1, 0.15) is 22.8 Å². The van der Waals surface area contributed by atoms with Crippen LogP contribution in [0.5, 0.6) is 0 Å². The zero-order valence-corrected chi connectivity index (χ0v) is 10.5. The molecule has 0 unspecified atom stereocenters. The summed E-state index contributed by atoms with van der Waals surface area (Å²) in [6.45, 7) is 2.12. The van der Waals surface area contributed by atoms with Crippen LogP contribution in [0.3, 0.4) is 0 Å². The molecule has 0 fully saturated rings. The van der Waals surface area contributed by atoms with Crippen molar-refractivity contribution in [2.24, 2.45) is 0 Å². The van der Waals surface area contributed by atoms with Crippen LogP contribution in [0.4, 0.5) is 0 Å². The van der Waals surface area contributed by atoms with Crippen molar-refractivity contribution in [2.45, 2.75) is 11.8 Å². The van der Waals surface area contributed by atoms with E-state index in [0.717, 1.165) is 0 Å². The number of aromatic carboxylic acids is 1. The minimum Gasteiger partial charge on any atom is -0.478 e. The molecule has 0 bridgehead atoms. The second-order valence-electron chi connectivity index (χ2n) is 3.78. The van der Waals surface area contributed by atoms with Gasteiger partial charge in [0.25, 0.3) is 0 Å². The number of hydrogen-bond donors (Lipinski definition) is 1. The lowest BCUT2D eigenvalue weighted by Crippen LogP contribution is -2.11. The lowest BCUT2D eigenvalue weighted by molar-refractivity contribution is 0.0692. The molecule has 0 saturated heterocycles. The minimum absolute atomic E-state index is 0.0351. The van der Waals surface area contributed by atoms with Gasteiger partial charge in [-0.15, -0.1) is 0 Å². The third-order valence-electron chi connectivity index (χ3n) is 2.65. The van der Waals surface area contributed by atoms with E-state index in [-0.39, 0.29) is 22.0 Å². The van der Waals surface area contributed by atoms with Gasteiger partial charge in [0.2, 0.25) is 9.84 Å². The standard InChI is InChI=1S/C12H12O5S/c1-2-17-7-9-6-8-4-3-5-10(12(13)14)11(8)18(9,15)16/h3-6H,2,7H2,1H3,(H,13,14). The average molecular weight is 268 g/mol. The Labute approximate surface area is 105 Å². The topological polar surface area (TPSA) is 80.7 Å². The SMILES string of the molecule is CCOCC1=Cc2cccc(C(=O)O)c2S1(=O)=O. The Bertz CT molecular complexity index is 628. The highest BCUT2D eigenvalue weighted by Gasteiger charge is 2.33. The van der Waals surface area contributed by atoms with Gasteiger partial charge in [-0.1, -0.05) is 12.1 Å². The number of benzene rings is 1. The lowest BCUT2D eigenvalue weighted by atomic mass is 10.1. The number of carboxylic acids is 1. The summed E-state index contributed by atoms with van der Waals surface area (Å²) in [5, 5.41) is 9.02. The number of carboxylic acid groups (broad SMARTS) is 1. The van der Waals surface area contributed by atoms with Crippen molar-refractivity contribution < 1.29 is 23.1 Å². The molecule has 1 aromatic carbocycles. The summed E-state index contributed by atoms with van der Waals surface area (Å²) in [5.74, 6) is -1.25. The molecule has 1 aromatic rings. The molecule has 6 heteroatoms. The van der Waals surface area contributed by atoms with Gasteiger partial charge >= 0.3 is 5.97 Å². The molecule has 5 nitrogen and oxygen atoms in total. The molecule has 0 atom stereocenters. The molecule has 1 aliphatic rings. The van der Waals surface area contributed by atoms with Crippen molar-refractivity contribution in [3.8, 4) is 0 Å². The fraction of sp³-hybridized carbons (Fsp3) is 0.250. The van der Waals surface area contributed by atoms with E-state index in [2.05, 4.69) is 0 Å². The molecular weight excluding hydrogens is 256 g/mol. The zero-order valence-electron chi connectivity index (χ0n) is 9.71. The van der Waals surface area contributed by atoms with Crippen LogP contribution < -0.4 is 0 Å². The van der Waals surface area contributed by atoms with Crippen molar-refractivity contribution in [3.05, 3.63) is 34.2 Å². The molecule has 0 amide bonds. The summed E-state index contributed by atoms with van der Waals surface area (Å²) in [5.41, 5.74) is 0.208. The van der Waals surface area contributed by atoms with E-state index in [9.17, 15) is 13.2 Å². The first kappa shape index (κ1) is 12.8. The van der Waals surface area contributed by atoms with E-state index >= 15 is 0 Å². The number of fused-ring (bicyclic) bond motifs is 1. The summed E-state index contributed by atoms with van der Waals surface area (Å²) in [6.07, 6.45) is 1.47. The Morgan fingerprint density at radius 3 is 2.72 bits per heavy atom. The van der Waals surface area contributed by atoms with Gasteiger partial charge in [0, 0.05) is 6.61 Å². The van der Waals surface area contributed by atoms with E-state index in [1.165, 1.54) is 18.2 Å².